The van der Waals surface area contributed by atoms with Crippen molar-refractivity contribution in [1.29, 1.82) is 0 Å². The second kappa shape index (κ2) is 9.22. The summed E-state index contributed by atoms with van der Waals surface area (Å²) in [6.07, 6.45) is 10.4. The molecule has 4 aliphatic carbocycles. The van der Waals surface area contributed by atoms with Crippen molar-refractivity contribution < 1.29 is 18.7 Å². The van der Waals surface area contributed by atoms with Crippen molar-refractivity contribution >= 4 is 22.6 Å². The maximum atomic E-state index is 15.1. The molecule has 4 bridgehead atoms. The van der Waals surface area contributed by atoms with E-state index in [1.807, 2.05) is 4.90 Å². The van der Waals surface area contributed by atoms with Gasteiger partial charge < -0.3 is 10.0 Å². The summed E-state index contributed by atoms with van der Waals surface area (Å²) in [5.41, 5.74) is -0.187. The largest absolute Gasteiger partial charge is 0.394 e. The SMILES string of the molecule is O=C(CC12CC3CC(CC(C3)C1)C2)c1cn(-c2ccc(F)cc2F)c2nc(N3CCC[C@@H]3CO)ccc2c1=O. The minimum atomic E-state index is -0.805. The lowest BCUT2D eigenvalue weighted by molar-refractivity contribution is -0.0524. The fourth-order valence-electron chi connectivity index (χ4n) is 8.68. The summed E-state index contributed by atoms with van der Waals surface area (Å²) in [6, 6.07) is 6.55. The molecule has 1 atom stereocenters. The quantitative estimate of drug-likeness (QED) is 0.429. The molecule has 6 nitrogen and oxygen atoms in total. The van der Waals surface area contributed by atoms with Gasteiger partial charge in [-0.3, -0.25) is 14.2 Å². The monoisotopic (exact) mass is 533 g/mol. The zero-order valence-corrected chi connectivity index (χ0v) is 21.9. The van der Waals surface area contributed by atoms with Crippen LogP contribution >= 0.6 is 0 Å². The summed E-state index contributed by atoms with van der Waals surface area (Å²) in [4.78, 5) is 34.3. The van der Waals surface area contributed by atoms with Crippen molar-refractivity contribution in [2.45, 2.75) is 63.8 Å². The zero-order valence-electron chi connectivity index (χ0n) is 21.9. The summed E-state index contributed by atoms with van der Waals surface area (Å²) in [7, 11) is 0. The molecule has 2 aromatic heterocycles. The van der Waals surface area contributed by atoms with Gasteiger partial charge in [0.25, 0.3) is 0 Å². The number of carbonyl (C=O) groups is 1. The van der Waals surface area contributed by atoms with Crippen LogP contribution in [-0.2, 0) is 0 Å². The number of ketones is 1. The highest BCUT2D eigenvalue weighted by Gasteiger charge is 2.51. The van der Waals surface area contributed by atoms with Crippen LogP contribution in [-0.4, -0.2) is 39.6 Å². The lowest BCUT2D eigenvalue weighted by Crippen LogP contribution is -2.47. The van der Waals surface area contributed by atoms with E-state index >= 15 is 4.39 Å². The zero-order chi connectivity index (χ0) is 26.9. The Morgan fingerprint density at radius 3 is 2.44 bits per heavy atom. The van der Waals surface area contributed by atoms with E-state index in [0.717, 1.165) is 44.2 Å². The molecule has 5 fully saturated rings. The standard InChI is InChI=1S/C31H33F2N3O3/c32-21-3-5-26(25(33)11-21)36-16-24(27(38)15-31-12-18-8-19(13-31)10-20(9-18)14-31)29(39)23-4-6-28(34-30(23)36)35-7-1-2-22(35)17-37/h3-6,11,16,18-20,22,37H,1-2,7-10,12-15,17H2/t18?,19?,20?,22-,31?/m1/s1. The summed E-state index contributed by atoms with van der Waals surface area (Å²) in [5, 5.41) is 10.0. The van der Waals surface area contributed by atoms with Crippen LogP contribution in [0.3, 0.4) is 0 Å². The number of carbonyl (C=O) groups excluding carboxylic acids is 1. The number of hydrogen-bond donors (Lipinski definition) is 1. The van der Waals surface area contributed by atoms with Gasteiger partial charge in [-0.25, -0.2) is 13.8 Å². The second-order valence-corrected chi connectivity index (χ2v) is 12.6. The Balaban J connectivity index is 1.34. The molecule has 204 valence electrons. The molecule has 8 heteroatoms. The molecule has 5 aliphatic rings. The van der Waals surface area contributed by atoms with Gasteiger partial charge in [0.05, 0.1) is 29.3 Å². The van der Waals surface area contributed by atoms with Gasteiger partial charge in [-0.1, -0.05) is 0 Å². The van der Waals surface area contributed by atoms with Crippen LogP contribution in [0.4, 0.5) is 14.6 Å². The maximum absolute atomic E-state index is 15.1. The summed E-state index contributed by atoms with van der Waals surface area (Å²) >= 11 is 0. The van der Waals surface area contributed by atoms with E-state index in [1.165, 1.54) is 36.1 Å². The fraction of sp³-hybridized carbons (Fsp3) is 0.516. The first-order chi connectivity index (χ1) is 18.8. The molecule has 0 radical (unpaired) electrons. The highest BCUT2D eigenvalue weighted by atomic mass is 19.1. The molecule has 1 aliphatic heterocycles. The van der Waals surface area contributed by atoms with Crippen LogP contribution in [0.15, 0.2) is 41.3 Å². The number of nitrogens with zero attached hydrogens (tertiary/aromatic N) is 3. The second-order valence-electron chi connectivity index (χ2n) is 12.6. The van der Waals surface area contributed by atoms with Gasteiger partial charge in [0, 0.05) is 25.2 Å². The Kier molecular flexibility index (Phi) is 5.88. The number of aliphatic hydroxyl groups excluding tert-OH is 1. The van der Waals surface area contributed by atoms with Crippen LogP contribution in [0.5, 0.6) is 0 Å². The number of Topliss-reactive ketones (excluding diaryl/α,β-unsaturated/α-hetero) is 1. The van der Waals surface area contributed by atoms with Crippen molar-refractivity contribution in [2.75, 3.05) is 18.1 Å². The van der Waals surface area contributed by atoms with E-state index in [1.54, 1.807) is 12.1 Å². The molecule has 1 N–H and O–H groups in total. The fourth-order valence-corrected chi connectivity index (χ4v) is 8.68. The number of rotatable bonds is 6. The molecular formula is C31H33F2N3O3. The Labute approximate surface area is 225 Å². The number of aromatic nitrogens is 2. The van der Waals surface area contributed by atoms with E-state index in [0.29, 0.717) is 36.5 Å². The molecule has 4 saturated carbocycles. The minimum Gasteiger partial charge on any atom is -0.394 e. The molecule has 0 unspecified atom stereocenters. The van der Waals surface area contributed by atoms with Gasteiger partial charge in [-0.2, -0.15) is 0 Å². The summed E-state index contributed by atoms with van der Waals surface area (Å²) in [5.74, 6) is 0.897. The molecule has 3 aromatic rings. The normalized spacial score (nSPS) is 29.5. The molecular weight excluding hydrogens is 500 g/mol. The van der Waals surface area contributed by atoms with E-state index < -0.39 is 17.1 Å². The average Bonchev–Trinajstić information content (AvgIpc) is 3.37. The van der Waals surface area contributed by atoms with Gasteiger partial charge in [-0.15, -0.1) is 0 Å². The molecule has 1 aromatic carbocycles. The number of hydrogen-bond acceptors (Lipinski definition) is 5. The first-order valence-electron chi connectivity index (χ1n) is 14.2. The van der Waals surface area contributed by atoms with Crippen LogP contribution in [0.25, 0.3) is 16.7 Å². The minimum absolute atomic E-state index is 0.0170. The number of halogens is 2. The van der Waals surface area contributed by atoms with E-state index in [4.69, 9.17) is 4.98 Å². The van der Waals surface area contributed by atoms with Crippen LogP contribution in [0.2, 0.25) is 0 Å². The predicted molar refractivity (Wildman–Crippen MR) is 144 cm³/mol. The molecule has 3 heterocycles. The maximum Gasteiger partial charge on any atom is 0.201 e. The predicted octanol–water partition coefficient (Wildman–Crippen LogP) is 5.41. The number of benzene rings is 1. The number of fused-ring (bicyclic) bond motifs is 1. The number of aliphatic hydroxyl groups is 1. The van der Waals surface area contributed by atoms with Gasteiger partial charge in [-0.05, 0) is 98.8 Å². The molecule has 39 heavy (non-hydrogen) atoms. The van der Waals surface area contributed by atoms with Crippen molar-refractivity contribution in [3.8, 4) is 5.69 Å². The third kappa shape index (κ3) is 4.19. The van der Waals surface area contributed by atoms with Crippen LogP contribution in [0, 0.1) is 34.8 Å². The smallest absolute Gasteiger partial charge is 0.201 e. The topological polar surface area (TPSA) is 75.4 Å². The third-order valence-corrected chi connectivity index (χ3v) is 9.89. The van der Waals surface area contributed by atoms with Gasteiger partial charge in [0.2, 0.25) is 5.43 Å². The van der Waals surface area contributed by atoms with Crippen molar-refractivity contribution in [3.63, 3.8) is 0 Å². The number of pyridine rings is 2. The van der Waals surface area contributed by atoms with Gasteiger partial charge >= 0.3 is 0 Å². The van der Waals surface area contributed by atoms with Crippen molar-refractivity contribution in [3.05, 3.63) is 63.9 Å². The highest BCUT2D eigenvalue weighted by molar-refractivity contribution is 5.99. The van der Waals surface area contributed by atoms with E-state index in [9.17, 15) is 19.1 Å². The summed E-state index contributed by atoms with van der Waals surface area (Å²) < 4.78 is 30.3. The molecule has 0 amide bonds. The van der Waals surface area contributed by atoms with E-state index in [-0.39, 0.29) is 46.1 Å². The summed E-state index contributed by atoms with van der Waals surface area (Å²) in [6.45, 7) is 0.692. The average molecular weight is 534 g/mol. The lowest BCUT2D eigenvalue weighted by Gasteiger charge is -2.56. The van der Waals surface area contributed by atoms with E-state index in [2.05, 4.69) is 0 Å². The number of anilines is 1. The van der Waals surface area contributed by atoms with Gasteiger partial charge in [0.15, 0.2) is 11.4 Å². The Hall–Kier alpha value is -3.13. The van der Waals surface area contributed by atoms with Crippen molar-refractivity contribution in [2.24, 2.45) is 23.2 Å². The molecule has 8 rings (SSSR count). The highest BCUT2D eigenvalue weighted by Crippen LogP contribution is 2.61. The Morgan fingerprint density at radius 1 is 1.05 bits per heavy atom. The Bertz CT molecular complexity index is 1500. The Morgan fingerprint density at radius 2 is 1.77 bits per heavy atom. The molecule has 0 spiro atoms. The van der Waals surface area contributed by atoms with Crippen LogP contribution in [0.1, 0.15) is 68.1 Å². The molecule has 1 saturated heterocycles. The van der Waals surface area contributed by atoms with Gasteiger partial charge in [0.1, 0.15) is 17.5 Å². The lowest BCUT2D eigenvalue weighted by atomic mass is 9.48. The third-order valence-electron chi connectivity index (χ3n) is 9.89. The first-order valence-corrected chi connectivity index (χ1v) is 14.2. The van der Waals surface area contributed by atoms with Crippen LogP contribution < -0.4 is 10.3 Å². The first kappa shape index (κ1) is 24.9. The van der Waals surface area contributed by atoms with Crippen molar-refractivity contribution in [1.82, 2.24) is 9.55 Å².